The van der Waals surface area contributed by atoms with Crippen LogP contribution in [-0.4, -0.2) is 43.7 Å². The lowest BCUT2D eigenvalue weighted by atomic mass is 10.1. The number of carboxylic acids is 1. The maximum absolute atomic E-state index is 12.5. The fraction of sp³-hybridized carbons (Fsp3) is 0.429. The molecule has 6 nitrogen and oxygen atoms in total. The second kappa shape index (κ2) is 6.62. The molecule has 0 bridgehead atoms. The number of amides is 1. The van der Waals surface area contributed by atoms with E-state index in [0.29, 0.717) is 17.6 Å². The van der Waals surface area contributed by atoms with Gasteiger partial charge in [0.1, 0.15) is 11.0 Å². The van der Waals surface area contributed by atoms with Crippen LogP contribution >= 0.6 is 11.7 Å². The van der Waals surface area contributed by atoms with Gasteiger partial charge in [-0.25, -0.2) is 0 Å². The molecular formula is C14H17N3O3S. The van der Waals surface area contributed by atoms with E-state index in [1.165, 1.54) is 0 Å². The standard InChI is InChI=1S/C14H17N3O3S/c1-9(2)8-17(6-5-13(18)19)14(20)10-3-4-11-12(7-10)16-21-15-11/h3-4,7,9H,5-6,8H2,1-2H3,(H,18,19). The highest BCUT2D eigenvalue weighted by Crippen LogP contribution is 2.16. The van der Waals surface area contributed by atoms with Gasteiger partial charge in [-0.05, 0) is 24.1 Å². The van der Waals surface area contributed by atoms with Crippen molar-refractivity contribution in [1.29, 1.82) is 0 Å². The second-order valence-corrected chi connectivity index (χ2v) is 5.78. The molecule has 0 spiro atoms. The van der Waals surface area contributed by atoms with Crippen LogP contribution in [0.25, 0.3) is 11.0 Å². The lowest BCUT2D eigenvalue weighted by Crippen LogP contribution is -2.36. The number of nitrogens with zero attached hydrogens (tertiary/aromatic N) is 3. The molecule has 1 aromatic carbocycles. The van der Waals surface area contributed by atoms with Gasteiger partial charge >= 0.3 is 5.97 Å². The van der Waals surface area contributed by atoms with Crippen molar-refractivity contribution in [3.8, 4) is 0 Å². The maximum atomic E-state index is 12.5. The molecule has 2 rings (SSSR count). The number of carbonyl (C=O) groups is 2. The quantitative estimate of drug-likeness (QED) is 0.885. The van der Waals surface area contributed by atoms with Crippen LogP contribution in [0.2, 0.25) is 0 Å². The smallest absolute Gasteiger partial charge is 0.305 e. The Morgan fingerprint density at radius 2 is 2.00 bits per heavy atom. The number of hydrogen-bond acceptors (Lipinski definition) is 5. The first-order valence-corrected chi connectivity index (χ1v) is 7.44. The van der Waals surface area contributed by atoms with E-state index in [2.05, 4.69) is 8.75 Å². The van der Waals surface area contributed by atoms with Crippen molar-refractivity contribution in [3.63, 3.8) is 0 Å². The largest absolute Gasteiger partial charge is 0.481 e. The molecule has 1 N–H and O–H groups in total. The van der Waals surface area contributed by atoms with E-state index < -0.39 is 5.97 Å². The van der Waals surface area contributed by atoms with Crippen LogP contribution in [0.4, 0.5) is 0 Å². The molecule has 7 heteroatoms. The van der Waals surface area contributed by atoms with E-state index in [1.807, 2.05) is 13.8 Å². The molecule has 1 aromatic heterocycles. The van der Waals surface area contributed by atoms with Crippen molar-refractivity contribution in [1.82, 2.24) is 13.6 Å². The molecule has 0 aliphatic heterocycles. The molecule has 0 saturated heterocycles. The van der Waals surface area contributed by atoms with E-state index in [4.69, 9.17) is 5.11 Å². The number of carboxylic acid groups (broad SMARTS) is 1. The third kappa shape index (κ3) is 3.98. The summed E-state index contributed by atoms with van der Waals surface area (Å²) in [5.41, 5.74) is 1.97. The van der Waals surface area contributed by atoms with Gasteiger partial charge in [-0.3, -0.25) is 9.59 Å². The van der Waals surface area contributed by atoms with Gasteiger partial charge in [0.15, 0.2) is 0 Å². The van der Waals surface area contributed by atoms with Crippen LogP contribution in [0.5, 0.6) is 0 Å². The second-order valence-electron chi connectivity index (χ2n) is 5.26. The van der Waals surface area contributed by atoms with Gasteiger partial charge in [0.05, 0.1) is 18.1 Å². The van der Waals surface area contributed by atoms with E-state index in [9.17, 15) is 9.59 Å². The summed E-state index contributed by atoms with van der Waals surface area (Å²) in [7, 11) is 0. The number of carbonyl (C=O) groups excluding carboxylic acids is 1. The van der Waals surface area contributed by atoms with Crippen molar-refractivity contribution < 1.29 is 14.7 Å². The summed E-state index contributed by atoms with van der Waals surface area (Å²) in [5, 5.41) is 8.81. The minimum absolute atomic E-state index is 0.0566. The van der Waals surface area contributed by atoms with Crippen molar-refractivity contribution in [3.05, 3.63) is 23.8 Å². The summed E-state index contributed by atoms with van der Waals surface area (Å²) in [6.45, 7) is 4.72. The van der Waals surface area contributed by atoms with E-state index >= 15 is 0 Å². The fourth-order valence-corrected chi connectivity index (χ4v) is 2.56. The maximum Gasteiger partial charge on any atom is 0.305 e. The molecule has 0 radical (unpaired) electrons. The average Bonchev–Trinajstić information content (AvgIpc) is 2.89. The van der Waals surface area contributed by atoms with Crippen LogP contribution in [-0.2, 0) is 4.79 Å². The summed E-state index contributed by atoms with van der Waals surface area (Å²) in [6, 6.07) is 5.17. The number of benzene rings is 1. The lowest BCUT2D eigenvalue weighted by molar-refractivity contribution is -0.137. The lowest BCUT2D eigenvalue weighted by Gasteiger charge is -2.24. The summed E-state index contributed by atoms with van der Waals surface area (Å²) in [6.07, 6.45) is -0.0566. The Bertz CT molecular complexity index is 654. The normalized spacial score (nSPS) is 11.0. The van der Waals surface area contributed by atoms with Gasteiger partial charge in [0.25, 0.3) is 5.91 Å². The molecular weight excluding hydrogens is 290 g/mol. The predicted molar refractivity (Wildman–Crippen MR) is 80.4 cm³/mol. The summed E-state index contributed by atoms with van der Waals surface area (Å²) < 4.78 is 8.22. The number of rotatable bonds is 6. The molecule has 1 amide bonds. The van der Waals surface area contributed by atoms with E-state index in [-0.39, 0.29) is 24.8 Å². The monoisotopic (exact) mass is 307 g/mol. The van der Waals surface area contributed by atoms with Crippen molar-refractivity contribution >= 4 is 34.6 Å². The van der Waals surface area contributed by atoms with Gasteiger partial charge < -0.3 is 10.0 Å². The first-order valence-electron chi connectivity index (χ1n) is 6.70. The zero-order valence-electron chi connectivity index (χ0n) is 11.9. The molecule has 112 valence electrons. The topological polar surface area (TPSA) is 83.4 Å². The number of fused-ring (bicyclic) bond motifs is 1. The Hall–Kier alpha value is -2.02. The molecule has 21 heavy (non-hydrogen) atoms. The minimum atomic E-state index is -0.907. The average molecular weight is 307 g/mol. The molecule has 0 atom stereocenters. The Balaban J connectivity index is 2.20. The first kappa shape index (κ1) is 15.4. The third-order valence-electron chi connectivity index (χ3n) is 2.97. The summed E-state index contributed by atoms with van der Waals surface area (Å²) in [4.78, 5) is 24.9. The summed E-state index contributed by atoms with van der Waals surface area (Å²) in [5.74, 6) is -0.803. The zero-order chi connectivity index (χ0) is 15.4. The SMILES string of the molecule is CC(C)CN(CCC(=O)O)C(=O)c1ccc2nsnc2c1. The first-order chi connectivity index (χ1) is 9.97. The van der Waals surface area contributed by atoms with Crippen LogP contribution < -0.4 is 0 Å². The van der Waals surface area contributed by atoms with Crippen LogP contribution in [0, 0.1) is 5.92 Å². The minimum Gasteiger partial charge on any atom is -0.481 e. The van der Waals surface area contributed by atoms with Crippen LogP contribution in [0.3, 0.4) is 0 Å². The molecule has 0 saturated carbocycles. The van der Waals surface area contributed by atoms with Crippen LogP contribution in [0.1, 0.15) is 30.6 Å². The summed E-state index contributed by atoms with van der Waals surface area (Å²) >= 11 is 1.10. The van der Waals surface area contributed by atoms with Crippen molar-refractivity contribution in [2.45, 2.75) is 20.3 Å². The van der Waals surface area contributed by atoms with Gasteiger partial charge in [0, 0.05) is 18.7 Å². The predicted octanol–water partition coefficient (Wildman–Crippen LogP) is 2.26. The molecule has 1 heterocycles. The Morgan fingerprint density at radius 3 is 2.67 bits per heavy atom. The van der Waals surface area contributed by atoms with Gasteiger partial charge in [-0.1, -0.05) is 13.8 Å². The van der Waals surface area contributed by atoms with Gasteiger partial charge in [-0.15, -0.1) is 0 Å². The van der Waals surface area contributed by atoms with Crippen molar-refractivity contribution in [2.24, 2.45) is 5.92 Å². The highest BCUT2D eigenvalue weighted by Gasteiger charge is 2.18. The highest BCUT2D eigenvalue weighted by molar-refractivity contribution is 7.00. The van der Waals surface area contributed by atoms with Crippen molar-refractivity contribution in [2.75, 3.05) is 13.1 Å². The Morgan fingerprint density at radius 1 is 1.29 bits per heavy atom. The van der Waals surface area contributed by atoms with E-state index in [1.54, 1.807) is 23.1 Å². The fourth-order valence-electron chi connectivity index (χ4n) is 2.04. The molecule has 2 aromatic rings. The molecule has 0 aliphatic rings. The molecule has 0 fully saturated rings. The third-order valence-corrected chi connectivity index (χ3v) is 3.53. The highest BCUT2D eigenvalue weighted by atomic mass is 32.1. The number of aromatic nitrogens is 2. The van der Waals surface area contributed by atoms with Gasteiger partial charge in [0.2, 0.25) is 0 Å². The molecule has 0 aliphatic carbocycles. The van der Waals surface area contributed by atoms with E-state index in [0.717, 1.165) is 17.2 Å². The van der Waals surface area contributed by atoms with Crippen LogP contribution in [0.15, 0.2) is 18.2 Å². The Kier molecular flexibility index (Phi) is 4.85. The number of hydrogen-bond donors (Lipinski definition) is 1. The molecule has 0 unspecified atom stereocenters. The number of aliphatic carboxylic acids is 1. The zero-order valence-corrected chi connectivity index (χ0v) is 12.8. The Labute approximate surface area is 126 Å². The van der Waals surface area contributed by atoms with Gasteiger partial charge in [-0.2, -0.15) is 8.75 Å².